The van der Waals surface area contributed by atoms with Gasteiger partial charge in [-0.15, -0.1) is 0 Å². The van der Waals surface area contributed by atoms with Gasteiger partial charge in [0.2, 0.25) is 0 Å². The summed E-state index contributed by atoms with van der Waals surface area (Å²) in [6.07, 6.45) is 0.812. The number of nitrogens with zero attached hydrogens (tertiary/aromatic N) is 2. The van der Waals surface area contributed by atoms with E-state index >= 15 is 0 Å². The minimum Gasteiger partial charge on any atom is -0.427 e. The van der Waals surface area contributed by atoms with Gasteiger partial charge in [-0.1, -0.05) is 36.4 Å². The van der Waals surface area contributed by atoms with Gasteiger partial charge in [0, 0.05) is 6.20 Å². The van der Waals surface area contributed by atoms with Crippen LogP contribution in [0.5, 0.6) is 0 Å². The first-order chi connectivity index (χ1) is 8.68. The summed E-state index contributed by atoms with van der Waals surface area (Å²) in [7, 11) is 0. The minimum atomic E-state index is -0.689. The van der Waals surface area contributed by atoms with Crippen LogP contribution in [0.25, 0.3) is 0 Å². The van der Waals surface area contributed by atoms with Gasteiger partial charge in [-0.05, 0) is 24.6 Å². The number of hydrogen-bond acceptors (Lipinski definition) is 3. The Labute approximate surface area is 105 Å². The average Bonchev–Trinajstić information content (AvgIpc) is 2.41. The van der Waals surface area contributed by atoms with E-state index < -0.39 is 6.10 Å². The number of aliphatic hydroxyl groups is 1. The quantitative estimate of drug-likeness (QED) is 0.808. The zero-order chi connectivity index (χ0) is 13.0. The van der Waals surface area contributed by atoms with E-state index in [4.69, 9.17) is 0 Å². The summed E-state index contributed by atoms with van der Waals surface area (Å²) in [6.45, 7) is 1.81. The summed E-state index contributed by atoms with van der Waals surface area (Å²) in [5.41, 5.74) is 1.23. The van der Waals surface area contributed by atoms with Crippen molar-refractivity contribution in [2.24, 2.45) is 4.99 Å². The second kappa shape index (κ2) is 5.51. The largest absolute Gasteiger partial charge is 0.427 e. The molecule has 0 aliphatic heterocycles. The maximum absolute atomic E-state index is 10.2. The molecule has 1 aromatic carbocycles. The Kier molecular flexibility index (Phi) is 3.79. The average molecular weight is 244 g/mol. The smallest absolute Gasteiger partial charge is 0.163 e. The fraction of sp³-hybridized carbons (Fsp3) is 0.214. The molecule has 2 N–H and O–H groups in total. The maximum Gasteiger partial charge on any atom is 0.163 e. The number of aromatic nitrogens is 1. The van der Waals surface area contributed by atoms with E-state index in [2.05, 4.69) is 4.99 Å². The van der Waals surface area contributed by atoms with Gasteiger partial charge in [-0.25, -0.2) is 0 Å². The molecule has 0 amide bonds. The molecule has 0 aliphatic carbocycles. The van der Waals surface area contributed by atoms with Gasteiger partial charge in [-0.3, -0.25) is 4.99 Å². The van der Waals surface area contributed by atoms with Crippen molar-refractivity contribution in [1.29, 1.82) is 0 Å². The molecular formula is C14H16N2O2. The third-order valence-electron chi connectivity index (χ3n) is 2.75. The molecule has 0 aliphatic rings. The summed E-state index contributed by atoms with van der Waals surface area (Å²) < 4.78 is 0.939. The third-order valence-corrected chi connectivity index (χ3v) is 2.75. The summed E-state index contributed by atoms with van der Waals surface area (Å²) in [5, 5.41) is 19.7. The highest BCUT2D eigenvalue weighted by atomic mass is 16.5. The highest BCUT2D eigenvalue weighted by molar-refractivity contribution is 5.18. The Morgan fingerprint density at radius 2 is 1.72 bits per heavy atom. The van der Waals surface area contributed by atoms with E-state index in [1.807, 2.05) is 37.3 Å². The van der Waals surface area contributed by atoms with Crippen molar-refractivity contribution in [2.45, 2.75) is 19.1 Å². The van der Waals surface area contributed by atoms with Crippen LogP contribution in [0.1, 0.15) is 18.6 Å². The molecule has 1 aromatic heterocycles. The van der Waals surface area contributed by atoms with Crippen molar-refractivity contribution in [3.63, 3.8) is 0 Å². The third kappa shape index (κ3) is 2.78. The van der Waals surface area contributed by atoms with Crippen molar-refractivity contribution in [1.82, 2.24) is 4.73 Å². The molecule has 0 saturated carbocycles. The van der Waals surface area contributed by atoms with Crippen molar-refractivity contribution in [3.05, 3.63) is 65.8 Å². The first kappa shape index (κ1) is 12.4. The van der Waals surface area contributed by atoms with Crippen LogP contribution in [0, 0.1) is 0 Å². The predicted octanol–water partition coefficient (Wildman–Crippen LogP) is 1.75. The summed E-state index contributed by atoms with van der Waals surface area (Å²) in [6, 6.07) is 14.2. The molecule has 2 atom stereocenters. The molecule has 0 saturated heterocycles. The SMILES string of the molecule is C[C@H](N=c1ccccn1O)[C@H](O)c1ccccc1. The lowest BCUT2D eigenvalue weighted by molar-refractivity contribution is 0.144. The fourth-order valence-corrected chi connectivity index (χ4v) is 1.74. The molecular weight excluding hydrogens is 228 g/mol. The number of benzene rings is 1. The van der Waals surface area contributed by atoms with Crippen LogP contribution in [-0.4, -0.2) is 21.1 Å². The second-order valence-corrected chi connectivity index (χ2v) is 4.13. The first-order valence-corrected chi connectivity index (χ1v) is 5.82. The van der Waals surface area contributed by atoms with Gasteiger partial charge in [-0.2, -0.15) is 4.73 Å². The van der Waals surface area contributed by atoms with Gasteiger partial charge in [0.1, 0.15) is 6.10 Å². The molecule has 4 nitrogen and oxygen atoms in total. The summed E-state index contributed by atoms with van der Waals surface area (Å²) >= 11 is 0. The minimum absolute atomic E-state index is 0.340. The molecule has 18 heavy (non-hydrogen) atoms. The normalized spacial score (nSPS) is 15.3. The van der Waals surface area contributed by atoms with Crippen LogP contribution in [0.15, 0.2) is 59.7 Å². The highest BCUT2D eigenvalue weighted by Crippen LogP contribution is 2.17. The van der Waals surface area contributed by atoms with Gasteiger partial charge in [0.25, 0.3) is 0 Å². The molecule has 0 unspecified atom stereocenters. The standard InChI is InChI=1S/C14H16N2O2/c1-11(14(17)12-7-3-2-4-8-12)15-13-9-5-6-10-16(13)18/h2-11,14,17-18H,1H3/t11-,14-/m0/s1. The predicted molar refractivity (Wildman–Crippen MR) is 68.0 cm³/mol. The lowest BCUT2D eigenvalue weighted by atomic mass is 10.0. The Hall–Kier alpha value is -2.07. The van der Waals surface area contributed by atoms with Crippen molar-refractivity contribution in [3.8, 4) is 0 Å². The number of rotatable bonds is 3. The van der Waals surface area contributed by atoms with E-state index in [1.54, 1.807) is 18.2 Å². The van der Waals surface area contributed by atoms with Crippen molar-refractivity contribution < 1.29 is 10.3 Å². The van der Waals surface area contributed by atoms with E-state index in [9.17, 15) is 10.3 Å². The molecule has 0 fully saturated rings. The molecule has 0 spiro atoms. The zero-order valence-electron chi connectivity index (χ0n) is 10.1. The Morgan fingerprint density at radius 3 is 2.39 bits per heavy atom. The van der Waals surface area contributed by atoms with Crippen molar-refractivity contribution in [2.75, 3.05) is 0 Å². The monoisotopic (exact) mass is 244 g/mol. The zero-order valence-corrected chi connectivity index (χ0v) is 10.1. The van der Waals surface area contributed by atoms with Crippen LogP contribution in [0.2, 0.25) is 0 Å². The van der Waals surface area contributed by atoms with Gasteiger partial charge in [0.05, 0.1) is 6.04 Å². The Morgan fingerprint density at radius 1 is 1.06 bits per heavy atom. The molecule has 0 bridgehead atoms. The number of pyridine rings is 1. The second-order valence-electron chi connectivity index (χ2n) is 4.13. The fourth-order valence-electron chi connectivity index (χ4n) is 1.74. The van der Waals surface area contributed by atoms with E-state index in [0.29, 0.717) is 5.49 Å². The van der Waals surface area contributed by atoms with Crippen molar-refractivity contribution >= 4 is 0 Å². The number of hydrogen-bond donors (Lipinski definition) is 2. The maximum atomic E-state index is 10.2. The van der Waals surface area contributed by atoms with Crippen LogP contribution in [0.3, 0.4) is 0 Å². The highest BCUT2D eigenvalue weighted by Gasteiger charge is 2.14. The summed E-state index contributed by atoms with van der Waals surface area (Å²) in [4.78, 5) is 4.30. The lowest BCUT2D eigenvalue weighted by Crippen LogP contribution is -2.23. The Balaban J connectivity index is 2.26. The molecule has 2 aromatic rings. The lowest BCUT2D eigenvalue weighted by Gasteiger charge is -2.15. The molecule has 94 valence electrons. The van der Waals surface area contributed by atoms with Gasteiger partial charge < -0.3 is 10.3 Å². The van der Waals surface area contributed by atoms with E-state index in [0.717, 1.165) is 10.3 Å². The van der Waals surface area contributed by atoms with E-state index in [1.165, 1.54) is 6.20 Å². The van der Waals surface area contributed by atoms with Gasteiger partial charge in [0.15, 0.2) is 5.49 Å². The van der Waals surface area contributed by atoms with Crippen LogP contribution >= 0.6 is 0 Å². The summed E-state index contributed by atoms with van der Waals surface area (Å²) in [5.74, 6) is 0. The Bertz CT molecular complexity index is 563. The molecule has 2 rings (SSSR count). The molecule has 1 heterocycles. The van der Waals surface area contributed by atoms with Crippen LogP contribution in [0.4, 0.5) is 0 Å². The topological polar surface area (TPSA) is 57.8 Å². The van der Waals surface area contributed by atoms with Crippen LogP contribution in [-0.2, 0) is 0 Å². The number of aliphatic hydroxyl groups excluding tert-OH is 1. The first-order valence-electron chi connectivity index (χ1n) is 5.82. The van der Waals surface area contributed by atoms with Crippen LogP contribution < -0.4 is 5.49 Å². The van der Waals surface area contributed by atoms with Gasteiger partial charge >= 0.3 is 0 Å². The molecule has 4 heteroatoms. The van der Waals surface area contributed by atoms with E-state index in [-0.39, 0.29) is 6.04 Å². The molecule has 0 radical (unpaired) electrons.